The van der Waals surface area contributed by atoms with Crippen molar-refractivity contribution in [3.8, 4) is 23.8 Å². The van der Waals surface area contributed by atoms with Crippen LogP contribution in [0.25, 0.3) is 6.08 Å². The second-order valence-corrected chi connectivity index (χ2v) is 7.70. The van der Waals surface area contributed by atoms with Crippen LogP contribution in [0.4, 0.5) is 17.5 Å². The van der Waals surface area contributed by atoms with Crippen LogP contribution in [0, 0.1) is 36.5 Å². The zero-order chi connectivity index (χ0) is 22.5. The molecule has 0 atom stereocenters. The van der Waals surface area contributed by atoms with Crippen LogP contribution >= 0.6 is 0 Å². The Labute approximate surface area is 187 Å². The topological polar surface area (TPSA) is 107 Å². The van der Waals surface area contributed by atoms with Crippen LogP contribution in [0.5, 0.6) is 11.6 Å². The standard InChI is InChI=1S/C25H22N6O/c1-16-12-19(4-3-11-26)13-17(2)24(16)32-23-14-22(28-20-9-10-20)30-25(31-23)29-21-7-5-18(15-27)6-8-21/h3-8,12-14,20H,9-10H2,1-2H3,(H2,28,29,30,31)/b4-3+. The van der Waals surface area contributed by atoms with Gasteiger partial charge in [-0.2, -0.15) is 20.5 Å². The molecule has 4 rings (SSSR count). The van der Waals surface area contributed by atoms with Gasteiger partial charge in [0.05, 0.1) is 17.7 Å². The number of rotatable bonds is 7. The van der Waals surface area contributed by atoms with Crippen molar-refractivity contribution in [1.82, 2.24) is 9.97 Å². The molecular weight excluding hydrogens is 400 g/mol. The fraction of sp³-hybridized carbons (Fsp3) is 0.200. The molecule has 0 bridgehead atoms. The first-order chi connectivity index (χ1) is 15.5. The van der Waals surface area contributed by atoms with E-state index in [-0.39, 0.29) is 0 Å². The molecule has 32 heavy (non-hydrogen) atoms. The average Bonchev–Trinajstić information content (AvgIpc) is 3.59. The predicted octanol–water partition coefficient (Wildman–Crippen LogP) is 5.61. The molecule has 2 N–H and O–H groups in total. The van der Waals surface area contributed by atoms with Crippen molar-refractivity contribution in [2.45, 2.75) is 32.7 Å². The van der Waals surface area contributed by atoms with Crippen LogP contribution in [0.1, 0.15) is 35.1 Å². The van der Waals surface area contributed by atoms with Gasteiger partial charge in [0.15, 0.2) is 0 Å². The number of nitriles is 2. The van der Waals surface area contributed by atoms with Gasteiger partial charge in [-0.25, -0.2) is 0 Å². The summed E-state index contributed by atoms with van der Waals surface area (Å²) in [6.45, 7) is 3.93. The molecule has 3 aromatic rings. The van der Waals surface area contributed by atoms with Crippen LogP contribution in [-0.2, 0) is 0 Å². The molecule has 1 aliphatic rings. The van der Waals surface area contributed by atoms with Crippen LogP contribution < -0.4 is 15.4 Å². The molecule has 0 unspecified atom stereocenters. The molecule has 0 saturated heterocycles. The third kappa shape index (κ3) is 5.21. The van der Waals surface area contributed by atoms with E-state index >= 15 is 0 Å². The lowest BCUT2D eigenvalue weighted by atomic mass is 10.1. The number of allylic oxidation sites excluding steroid dienone is 1. The number of hydrogen-bond donors (Lipinski definition) is 2. The minimum atomic E-state index is 0.402. The maximum Gasteiger partial charge on any atom is 0.232 e. The van der Waals surface area contributed by atoms with E-state index in [4.69, 9.17) is 15.3 Å². The summed E-state index contributed by atoms with van der Waals surface area (Å²) in [4.78, 5) is 9.11. The molecular formula is C25H22N6O. The molecule has 1 heterocycles. The van der Waals surface area contributed by atoms with E-state index in [1.165, 1.54) is 6.08 Å². The Morgan fingerprint density at radius 3 is 2.38 bits per heavy atom. The molecule has 0 radical (unpaired) electrons. The number of aryl methyl sites for hydroxylation is 2. The highest BCUT2D eigenvalue weighted by Crippen LogP contribution is 2.32. The molecule has 1 fully saturated rings. The Balaban J connectivity index is 1.63. The minimum Gasteiger partial charge on any atom is -0.438 e. The van der Waals surface area contributed by atoms with E-state index in [9.17, 15) is 0 Å². The van der Waals surface area contributed by atoms with Gasteiger partial charge in [-0.3, -0.25) is 0 Å². The van der Waals surface area contributed by atoms with Gasteiger partial charge >= 0.3 is 0 Å². The molecule has 1 aliphatic carbocycles. The molecule has 0 aliphatic heterocycles. The molecule has 1 aromatic heterocycles. The largest absolute Gasteiger partial charge is 0.438 e. The summed E-state index contributed by atoms with van der Waals surface area (Å²) < 4.78 is 6.19. The van der Waals surface area contributed by atoms with Crippen LogP contribution in [0.2, 0.25) is 0 Å². The lowest BCUT2D eigenvalue weighted by Crippen LogP contribution is -2.07. The van der Waals surface area contributed by atoms with Gasteiger partial charge in [-0.15, -0.1) is 0 Å². The molecule has 1 saturated carbocycles. The summed E-state index contributed by atoms with van der Waals surface area (Å²) >= 11 is 0. The van der Waals surface area contributed by atoms with E-state index in [1.807, 2.05) is 44.2 Å². The Morgan fingerprint density at radius 2 is 1.75 bits per heavy atom. The van der Waals surface area contributed by atoms with Gasteiger partial charge in [0, 0.05) is 23.9 Å². The van der Waals surface area contributed by atoms with Crippen molar-refractivity contribution >= 4 is 23.5 Å². The number of nitrogens with zero attached hydrogens (tertiary/aromatic N) is 4. The number of nitrogens with one attached hydrogen (secondary N) is 2. The van der Waals surface area contributed by atoms with Crippen molar-refractivity contribution < 1.29 is 4.74 Å². The van der Waals surface area contributed by atoms with E-state index in [0.29, 0.717) is 29.3 Å². The maximum atomic E-state index is 8.99. The van der Waals surface area contributed by atoms with Crippen LogP contribution in [0.15, 0.2) is 48.5 Å². The Kier molecular flexibility index (Phi) is 6.00. The molecule has 158 valence electrons. The highest BCUT2D eigenvalue weighted by molar-refractivity contribution is 5.60. The fourth-order valence-electron chi connectivity index (χ4n) is 3.28. The highest BCUT2D eigenvalue weighted by atomic mass is 16.5. The van der Waals surface area contributed by atoms with Crippen molar-refractivity contribution in [1.29, 1.82) is 10.5 Å². The first-order valence-corrected chi connectivity index (χ1v) is 10.3. The molecule has 2 aromatic carbocycles. The Morgan fingerprint density at radius 1 is 1.03 bits per heavy atom. The van der Waals surface area contributed by atoms with E-state index in [1.54, 1.807) is 24.3 Å². The third-order valence-electron chi connectivity index (χ3n) is 4.94. The van der Waals surface area contributed by atoms with Crippen molar-refractivity contribution in [3.63, 3.8) is 0 Å². The van der Waals surface area contributed by atoms with Crippen LogP contribution in [0.3, 0.4) is 0 Å². The van der Waals surface area contributed by atoms with E-state index in [0.717, 1.165) is 41.0 Å². The molecule has 0 amide bonds. The summed E-state index contributed by atoms with van der Waals surface area (Å²) in [5.74, 6) is 2.24. The zero-order valence-electron chi connectivity index (χ0n) is 17.9. The first kappa shape index (κ1) is 20.9. The number of anilines is 3. The first-order valence-electron chi connectivity index (χ1n) is 10.3. The fourth-order valence-corrected chi connectivity index (χ4v) is 3.28. The third-order valence-corrected chi connectivity index (χ3v) is 4.94. The lowest BCUT2D eigenvalue weighted by molar-refractivity contribution is 0.456. The molecule has 0 spiro atoms. The monoisotopic (exact) mass is 422 g/mol. The average molecular weight is 422 g/mol. The Bertz CT molecular complexity index is 1220. The summed E-state index contributed by atoms with van der Waals surface area (Å²) in [5, 5.41) is 24.3. The van der Waals surface area contributed by atoms with E-state index in [2.05, 4.69) is 26.7 Å². The summed E-state index contributed by atoms with van der Waals surface area (Å²) in [6.07, 6.45) is 5.46. The number of hydrogen-bond acceptors (Lipinski definition) is 7. The summed E-state index contributed by atoms with van der Waals surface area (Å²) in [5.41, 5.74) is 4.19. The molecule has 7 nitrogen and oxygen atoms in total. The number of aromatic nitrogens is 2. The second kappa shape index (κ2) is 9.20. The van der Waals surface area contributed by atoms with Gasteiger partial charge in [0.25, 0.3) is 0 Å². The van der Waals surface area contributed by atoms with Gasteiger partial charge in [-0.05, 0) is 85.9 Å². The van der Waals surface area contributed by atoms with Gasteiger partial charge < -0.3 is 15.4 Å². The lowest BCUT2D eigenvalue weighted by Gasteiger charge is -2.15. The summed E-state index contributed by atoms with van der Waals surface area (Å²) in [7, 11) is 0. The van der Waals surface area contributed by atoms with Crippen molar-refractivity contribution in [2.75, 3.05) is 10.6 Å². The maximum absolute atomic E-state index is 8.99. The smallest absolute Gasteiger partial charge is 0.232 e. The Hall–Kier alpha value is -4.36. The minimum absolute atomic E-state index is 0.402. The quantitative estimate of drug-likeness (QED) is 0.476. The van der Waals surface area contributed by atoms with Gasteiger partial charge in [0.1, 0.15) is 11.6 Å². The SMILES string of the molecule is Cc1cc(/C=C/C#N)cc(C)c1Oc1cc(NC2CC2)nc(Nc2ccc(C#N)cc2)n1. The summed E-state index contributed by atoms with van der Waals surface area (Å²) in [6, 6.07) is 17.4. The van der Waals surface area contributed by atoms with Gasteiger partial charge in [0.2, 0.25) is 11.8 Å². The number of ether oxygens (including phenoxy) is 1. The predicted molar refractivity (Wildman–Crippen MR) is 124 cm³/mol. The van der Waals surface area contributed by atoms with E-state index < -0.39 is 0 Å². The zero-order valence-corrected chi connectivity index (χ0v) is 17.9. The second-order valence-electron chi connectivity index (χ2n) is 7.70. The highest BCUT2D eigenvalue weighted by Gasteiger charge is 2.22. The van der Waals surface area contributed by atoms with Gasteiger partial charge in [-0.1, -0.05) is 0 Å². The van der Waals surface area contributed by atoms with Crippen LogP contribution in [-0.4, -0.2) is 16.0 Å². The number of benzene rings is 2. The van der Waals surface area contributed by atoms with Crippen molar-refractivity contribution in [3.05, 3.63) is 70.8 Å². The normalized spacial score (nSPS) is 12.8. The molecule has 7 heteroatoms. The van der Waals surface area contributed by atoms with Crippen molar-refractivity contribution in [2.24, 2.45) is 0 Å².